The third-order valence-electron chi connectivity index (χ3n) is 4.37. The lowest BCUT2D eigenvalue weighted by atomic mass is 9.89. The van der Waals surface area contributed by atoms with Crippen LogP contribution in [0.5, 0.6) is 0 Å². The lowest BCUT2D eigenvalue weighted by Gasteiger charge is -2.31. The van der Waals surface area contributed by atoms with Crippen LogP contribution in [0.1, 0.15) is 43.6 Å². The van der Waals surface area contributed by atoms with Gasteiger partial charge in [0.2, 0.25) is 0 Å². The zero-order valence-corrected chi connectivity index (χ0v) is 14.5. The van der Waals surface area contributed by atoms with Crippen LogP contribution in [0.2, 0.25) is 0 Å². The van der Waals surface area contributed by atoms with E-state index in [9.17, 15) is 19.7 Å². The summed E-state index contributed by atoms with van der Waals surface area (Å²) in [6.07, 6.45) is 2.16. The van der Waals surface area contributed by atoms with Gasteiger partial charge in [0.25, 0.3) is 11.6 Å². The molecular formula is C17H20N4O5. The molecule has 2 N–H and O–H groups in total. The average molecular weight is 360 g/mol. The normalized spacial score (nSPS) is 11.2. The molecule has 0 saturated heterocycles. The molecule has 0 aliphatic carbocycles. The van der Waals surface area contributed by atoms with Crippen molar-refractivity contribution >= 4 is 17.6 Å². The van der Waals surface area contributed by atoms with Gasteiger partial charge in [-0.3, -0.25) is 19.7 Å². The highest BCUT2D eigenvalue weighted by atomic mass is 16.6. The molecule has 26 heavy (non-hydrogen) atoms. The van der Waals surface area contributed by atoms with Gasteiger partial charge in [-0.05, 0) is 25.0 Å². The van der Waals surface area contributed by atoms with Crippen molar-refractivity contribution in [3.05, 3.63) is 52.3 Å². The minimum absolute atomic E-state index is 0.0554. The van der Waals surface area contributed by atoms with Crippen LogP contribution in [0.4, 0.5) is 5.69 Å². The van der Waals surface area contributed by atoms with Crippen LogP contribution >= 0.6 is 0 Å². The van der Waals surface area contributed by atoms with Crippen molar-refractivity contribution in [1.82, 2.24) is 15.1 Å². The minimum atomic E-state index is -1.00. The number of nitrogens with zero attached hydrogens (tertiary/aromatic N) is 3. The molecule has 1 amide bonds. The number of nitro benzene ring substituents is 1. The van der Waals surface area contributed by atoms with Crippen molar-refractivity contribution in [2.75, 3.05) is 0 Å². The molecule has 0 fully saturated rings. The fraction of sp³-hybridized carbons (Fsp3) is 0.353. The second kappa shape index (κ2) is 7.77. The number of benzene rings is 1. The molecule has 0 radical (unpaired) electrons. The van der Waals surface area contributed by atoms with E-state index in [-0.39, 0.29) is 23.5 Å². The molecule has 9 heteroatoms. The first-order chi connectivity index (χ1) is 12.3. The van der Waals surface area contributed by atoms with Gasteiger partial charge >= 0.3 is 5.97 Å². The Morgan fingerprint density at radius 3 is 2.50 bits per heavy atom. The highest BCUT2D eigenvalue weighted by Crippen LogP contribution is 2.23. The van der Waals surface area contributed by atoms with Gasteiger partial charge in [-0.25, -0.2) is 4.68 Å². The standard InChI is InChI=1S/C17H20N4O5/c1-3-17(4-2,11-15(22)23)18-16(24)12-9-10-20(19-12)13-7-5-6-8-14(13)21(25)26/h5-10H,3-4,11H2,1-2H3,(H,18,24)(H,22,23). The SMILES string of the molecule is CCC(CC)(CC(=O)O)NC(=O)c1ccn(-c2ccccc2[N+](=O)[O-])n1. The number of carboxylic acid groups (broad SMARTS) is 1. The average Bonchev–Trinajstić information content (AvgIpc) is 3.10. The fourth-order valence-electron chi connectivity index (χ4n) is 2.71. The van der Waals surface area contributed by atoms with Crippen molar-refractivity contribution in [2.24, 2.45) is 0 Å². The molecule has 1 aromatic heterocycles. The molecule has 138 valence electrons. The number of aromatic nitrogens is 2. The van der Waals surface area contributed by atoms with Crippen LogP contribution in [-0.4, -0.2) is 37.2 Å². The van der Waals surface area contributed by atoms with Gasteiger partial charge in [0, 0.05) is 12.3 Å². The maximum absolute atomic E-state index is 12.5. The minimum Gasteiger partial charge on any atom is -0.481 e. The number of aliphatic carboxylic acids is 1. The molecule has 0 spiro atoms. The Kier molecular flexibility index (Phi) is 5.71. The molecule has 1 aromatic carbocycles. The highest BCUT2D eigenvalue weighted by Gasteiger charge is 2.32. The van der Waals surface area contributed by atoms with E-state index < -0.39 is 22.3 Å². The first-order valence-corrected chi connectivity index (χ1v) is 8.15. The number of para-hydroxylation sites is 2. The molecule has 0 aliphatic rings. The van der Waals surface area contributed by atoms with Gasteiger partial charge < -0.3 is 10.4 Å². The number of hydrogen-bond acceptors (Lipinski definition) is 5. The van der Waals surface area contributed by atoms with E-state index in [1.54, 1.807) is 26.0 Å². The van der Waals surface area contributed by atoms with E-state index in [1.807, 2.05) is 0 Å². The molecule has 0 bridgehead atoms. The number of amides is 1. The first-order valence-electron chi connectivity index (χ1n) is 8.15. The summed E-state index contributed by atoms with van der Waals surface area (Å²) in [5.74, 6) is -1.52. The zero-order valence-electron chi connectivity index (χ0n) is 14.5. The van der Waals surface area contributed by atoms with Crippen LogP contribution < -0.4 is 5.32 Å². The van der Waals surface area contributed by atoms with Crippen LogP contribution in [0.15, 0.2) is 36.5 Å². The van der Waals surface area contributed by atoms with E-state index in [4.69, 9.17) is 5.11 Å². The van der Waals surface area contributed by atoms with Gasteiger partial charge in [-0.15, -0.1) is 0 Å². The Hall–Kier alpha value is -3.23. The fourth-order valence-corrected chi connectivity index (χ4v) is 2.71. The quantitative estimate of drug-likeness (QED) is 0.550. The Labute approximate surface area is 149 Å². The maximum atomic E-state index is 12.5. The second-order valence-electron chi connectivity index (χ2n) is 5.90. The summed E-state index contributed by atoms with van der Waals surface area (Å²) < 4.78 is 1.25. The topological polar surface area (TPSA) is 127 Å². The number of rotatable bonds is 8. The van der Waals surface area contributed by atoms with E-state index in [0.29, 0.717) is 12.8 Å². The molecule has 0 saturated carbocycles. The molecule has 1 heterocycles. The van der Waals surface area contributed by atoms with Crippen LogP contribution in [0.3, 0.4) is 0 Å². The lowest BCUT2D eigenvalue weighted by Crippen LogP contribution is -2.49. The monoisotopic (exact) mass is 360 g/mol. The Balaban J connectivity index is 2.28. The van der Waals surface area contributed by atoms with Crippen LogP contribution in [0.25, 0.3) is 5.69 Å². The summed E-state index contributed by atoms with van der Waals surface area (Å²) >= 11 is 0. The van der Waals surface area contributed by atoms with Gasteiger partial charge in [-0.2, -0.15) is 5.10 Å². The predicted molar refractivity (Wildman–Crippen MR) is 93.3 cm³/mol. The van der Waals surface area contributed by atoms with Crippen molar-refractivity contribution in [3.63, 3.8) is 0 Å². The molecule has 0 atom stereocenters. The van der Waals surface area contributed by atoms with Crippen molar-refractivity contribution in [3.8, 4) is 5.69 Å². The lowest BCUT2D eigenvalue weighted by molar-refractivity contribution is -0.384. The molecule has 9 nitrogen and oxygen atoms in total. The van der Waals surface area contributed by atoms with E-state index in [0.717, 1.165) is 0 Å². The van der Waals surface area contributed by atoms with Crippen LogP contribution in [0, 0.1) is 10.1 Å². The number of nitro groups is 1. The van der Waals surface area contributed by atoms with Gasteiger partial charge in [0.05, 0.1) is 16.9 Å². The maximum Gasteiger partial charge on any atom is 0.305 e. The molecule has 0 unspecified atom stereocenters. The Bertz CT molecular complexity index is 826. The predicted octanol–water partition coefficient (Wildman–Crippen LogP) is 2.54. The Morgan fingerprint density at radius 2 is 1.92 bits per heavy atom. The first kappa shape index (κ1) is 19.1. The number of carbonyl (C=O) groups excluding carboxylic acids is 1. The summed E-state index contributed by atoms with van der Waals surface area (Å²) in [5.41, 5.74) is -0.713. The second-order valence-corrected chi connectivity index (χ2v) is 5.90. The molecule has 2 rings (SSSR count). The number of nitrogens with one attached hydrogen (secondary N) is 1. The highest BCUT2D eigenvalue weighted by molar-refractivity contribution is 5.93. The van der Waals surface area contributed by atoms with Crippen molar-refractivity contribution in [1.29, 1.82) is 0 Å². The van der Waals surface area contributed by atoms with Crippen LogP contribution in [-0.2, 0) is 4.79 Å². The van der Waals surface area contributed by atoms with E-state index in [2.05, 4.69) is 10.4 Å². The summed E-state index contributed by atoms with van der Waals surface area (Å²) in [7, 11) is 0. The summed E-state index contributed by atoms with van der Waals surface area (Å²) in [5, 5.41) is 27.1. The van der Waals surface area contributed by atoms with Gasteiger partial charge in [-0.1, -0.05) is 26.0 Å². The Morgan fingerprint density at radius 1 is 1.27 bits per heavy atom. The molecule has 2 aromatic rings. The van der Waals surface area contributed by atoms with E-state index in [1.165, 1.54) is 29.1 Å². The summed E-state index contributed by atoms with van der Waals surface area (Å²) in [4.78, 5) is 34.2. The molecule has 0 aliphatic heterocycles. The molecular weight excluding hydrogens is 340 g/mol. The smallest absolute Gasteiger partial charge is 0.305 e. The zero-order chi connectivity index (χ0) is 19.3. The third-order valence-corrected chi connectivity index (χ3v) is 4.37. The number of carbonyl (C=O) groups is 2. The summed E-state index contributed by atoms with van der Waals surface area (Å²) in [6.45, 7) is 3.61. The van der Waals surface area contributed by atoms with Gasteiger partial charge in [0.15, 0.2) is 5.69 Å². The van der Waals surface area contributed by atoms with E-state index >= 15 is 0 Å². The van der Waals surface area contributed by atoms with Crippen molar-refractivity contribution < 1.29 is 19.6 Å². The van der Waals surface area contributed by atoms with Gasteiger partial charge in [0.1, 0.15) is 5.69 Å². The van der Waals surface area contributed by atoms with Crippen molar-refractivity contribution in [2.45, 2.75) is 38.6 Å². The summed E-state index contributed by atoms with van der Waals surface area (Å²) in [6, 6.07) is 7.49. The largest absolute Gasteiger partial charge is 0.481 e. The third kappa shape index (κ3) is 4.05. The number of carboxylic acids is 1. The number of hydrogen-bond donors (Lipinski definition) is 2.